The van der Waals surface area contributed by atoms with E-state index in [-0.39, 0.29) is 11.6 Å². The molecule has 0 atom stereocenters. The Labute approximate surface area is 79.1 Å². The molecule has 0 aliphatic rings. The lowest BCUT2D eigenvalue weighted by Gasteiger charge is -1.95. The van der Waals surface area contributed by atoms with Gasteiger partial charge in [0, 0.05) is 13.1 Å². The number of nitro benzene ring substituents is 1. The molecule has 2 N–H and O–H groups in total. The van der Waals surface area contributed by atoms with Crippen LogP contribution in [-0.2, 0) is 7.05 Å². The molecular weight excluding hydrogens is 184 g/mol. The smallest absolute Gasteiger partial charge is 0.297 e. The highest BCUT2D eigenvalue weighted by atomic mass is 16.6. The third kappa shape index (κ3) is 1.00. The van der Waals surface area contributed by atoms with E-state index in [4.69, 9.17) is 5.73 Å². The minimum atomic E-state index is -0.464. The summed E-state index contributed by atoms with van der Waals surface area (Å²) in [6.45, 7) is 0. The van der Waals surface area contributed by atoms with Gasteiger partial charge in [-0.1, -0.05) is 6.07 Å². The average molecular weight is 192 g/mol. The van der Waals surface area contributed by atoms with Crippen LogP contribution < -0.4 is 5.73 Å². The predicted molar refractivity (Wildman–Crippen MR) is 51.8 cm³/mol. The number of hydrogen-bond acceptors (Lipinski definition) is 4. The van der Waals surface area contributed by atoms with Gasteiger partial charge in [0.15, 0.2) is 5.52 Å². The number of non-ortho nitro benzene ring substituents is 1. The fraction of sp³-hybridized carbons (Fsp3) is 0.125. The predicted octanol–water partition coefficient (Wildman–Crippen LogP) is 1.06. The van der Waals surface area contributed by atoms with Crippen molar-refractivity contribution in [2.45, 2.75) is 0 Å². The van der Waals surface area contributed by atoms with Crippen LogP contribution in [0.15, 0.2) is 18.2 Å². The summed E-state index contributed by atoms with van der Waals surface area (Å²) in [6, 6.07) is 4.77. The number of para-hydroxylation sites is 1. The van der Waals surface area contributed by atoms with E-state index < -0.39 is 4.92 Å². The van der Waals surface area contributed by atoms with E-state index in [0.717, 1.165) is 0 Å². The highest BCUT2D eigenvalue weighted by Crippen LogP contribution is 2.25. The Morgan fingerprint density at radius 3 is 2.93 bits per heavy atom. The van der Waals surface area contributed by atoms with Crippen LogP contribution in [-0.4, -0.2) is 14.5 Å². The lowest BCUT2D eigenvalue weighted by atomic mass is 10.3. The lowest BCUT2D eigenvalue weighted by Crippen LogP contribution is -1.95. The monoisotopic (exact) mass is 192 g/mol. The summed E-state index contributed by atoms with van der Waals surface area (Å²) in [5.41, 5.74) is 6.53. The number of nitro groups is 1. The molecule has 1 aromatic heterocycles. The number of imidazole rings is 1. The van der Waals surface area contributed by atoms with Gasteiger partial charge in [-0.05, 0) is 6.07 Å². The molecule has 6 nitrogen and oxygen atoms in total. The minimum Gasteiger partial charge on any atom is -0.369 e. The van der Waals surface area contributed by atoms with Crippen molar-refractivity contribution in [2.24, 2.45) is 7.05 Å². The molecule has 0 fully saturated rings. The average Bonchev–Trinajstić information content (AvgIpc) is 2.43. The third-order valence-corrected chi connectivity index (χ3v) is 2.12. The molecule has 0 spiro atoms. The van der Waals surface area contributed by atoms with Crippen LogP contribution in [0.5, 0.6) is 0 Å². The number of fused-ring (bicyclic) bond motifs is 1. The zero-order valence-electron chi connectivity index (χ0n) is 7.47. The molecule has 0 saturated carbocycles. The van der Waals surface area contributed by atoms with Crippen molar-refractivity contribution < 1.29 is 4.92 Å². The van der Waals surface area contributed by atoms with Crippen molar-refractivity contribution in [1.29, 1.82) is 0 Å². The first-order valence-corrected chi connectivity index (χ1v) is 3.96. The third-order valence-electron chi connectivity index (χ3n) is 2.12. The lowest BCUT2D eigenvalue weighted by molar-refractivity contribution is -0.383. The van der Waals surface area contributed by atoms with Crippen LogP contribution in [0.25, 0.3) is 11.0 Å². The molecule has 0 aliphatic heterocycles. The van der Waals surface area contributed by atoms with Gasteiger partial charge in [-0.3, -0.25) is 10.1 Å². The fourth-order valence-electron chi connectivity index (χ4n) is 1.36. The Hall–Kier alpha value is -2.11. The quantitative estimate of drug-likeness (QED) is 0.540. The maximum Gasteiger partial charge on any atom is 0.297 e. The Bertz CT molecular complexity index is 517. The number of aromatic nitrogens is 2. The molecule has 72 valence electrons. The molecule has 2 aromatic rings. The number of nitrogens with zero attached hydrogens (tertiary/aromatic N) is 3. The highest BCUT2D eigenvalue weighted by Gasteiger charge is 2.16. The van der Waals surface area contributed by atoms with Crippen LogP contribution in [0, 0.1) is 10.1 Å². The molecule has 0 unspecified atom stereocenters. The summed E-state index contributed by atoms with van der Waals surface area (Å²) >= 11 is 0. The van der Waals surface area contributed by atoms with Gasteiger partial charge < -0.3 is 10.3 Å². The number of aryl methyl sites for hydroxylation is 1. The van der Waals surface area contributed by atoms with E-state index >= 15 is 0 Å². The normalized spacial score (nSPS) is 10.6. The number of nitrogens with two attached hydrogens (primary N) is 1. The zero-order valence-corrected chi connectivity index (χ0v) is 7.47. The number of benzene rings is 1. The Morgan fingerprint density at radius 1 is 1.57 bits per heavy atom. The van der Waals surface area contributed by atoms with Crippen molar-refractivity contribution >= 4 is 22.7 Å². The van der Waals surface area contributed by atoms with Gasteiger partial charge in [0.05, 0.1) is 10.4 Å². The SMILES string of the molecule is Cn1c(N)nc2c([N+](=O)[O-])cccc21. The second-order valence-electron chi connectivity index (χ2n) is 2.93. The van der Waals surface area contributed by atoms with Gasteiger partial charge in [0.25, 0.3) is 5.69 Å². The molecule has 2 rings (SSSR count). The first-order chi connectivity index (χ1) is 6.61. The topological polar surface area (TPSA) is 87.0 Å². The second-order valence-corrected chi connectivity index (χ2v) is 2.93. The zero-order chi connectivity index (χ0) is 10.3. The maximum atomic E-state index is 10.7. The van der Waals surface area contributed by atoms with Gasteiger partial charge in [-0.25, -0.2) is 4.98 Å². The van der Waals surface area contributed by atoms with Gasteiger partial charge in [-0.15, -0.1) is 0 Å². The largest absolute Gasteiger partial charge is 0.369 e. The molecule has 1 aromatic carbocycles. The molecule has 0 aliphatic carbocycles. The number of hydrogen-bond donors (Lipinski definition) is 1. The number of anilines is 1. The van der Waals surface area contributed by atoms with Crippen molar-refractivity contribution in [3.05, 3.63) is 28.3 Å². The van der Waals surface area contributed by atoms with Crippen molar-refractivity contribution in [1.82, 2.24) is 9.55 Å². The van der Waals surface area contributed by atoms with Crippen molar-refractivity contribution in [2.75, 3.05) is 5.73 Å². The van der Waals surface area contributed by atoms with Gasteiger partial charge in [0.1, 0.15) is 0 Å². The Balaban J connectivity index is 2.88. The molecule has 0 saturated heterocycles. The molecule has 0 bridgehead atoms. The van der Waals surface area contributed by atoms with E-state index in [2.05, 4.69) is 4.98 Å². The van der Waals surface area contributed by atoms with Gasteiger partial charge >= 0.3 is 0 Å². The van der Waals surface area contributed by atoms with Gasteiger partial charge in [-0.2, -0.15) is 0 Å². The highest BCUT2D eigenvalue weighted by molar-refractivity contribution is 5.86. The first-order valence-electron chi connectivity index (χ1n) is 3.96. The standard InChI is InChI=1S/C8H8N4O2/c1-11-5-3-2-4-6(12(13)14)7(5)10-8(11)9/h2-4H,1H3,(H2,9,10). The Kier molecular flexibility index (Phi) is 1.63. The molecular formula is C8H8N4O2. The van der Waals surface area contributed by atoms with Crippen LogP contribution in [0.2, 0.25) is 0 Å². The Morgan fingerprint density at radius 2 is 2.29 bits per heavy atom. The van der Waals surface area contributed by atoms with E-state index in [1.165, 1.54) is 6.07 Å². The van der Waals surface area contributed by atoms with E-state index in [9.17, 15) is 10.1 Å². The molecule has 0 radical (unpaired) electrons. The van der Waals surface area contributed by atoms with Crippen LogP contribution in [0.4, 0.5) is 11.6 Å². The van der Waals surface area contributed by atoms with Crippen molar-refractivity contribution in [3.63, 3.8) is 0 Å². The number of rotatable bonds is 1. The van der Waals surface area contributed by atoms with Gasteiger partial charge in [0.2, 0.25) is 5.95 Å². The second kappa shape index (κ2) is 2.69. The van der Waals surface area contributed by atoms with E-state index in [1.54, 1.807) is 23.7 Å². The molecule has 1 heterocycles. The first kappa shape index (κ1) is 8.49. The van der Waals surface area contributed by atoms with Crippen LogP contribution in [0.1, 0.15) is 0 Å². The summed E-state index contributed by atoms with van der Waals surface area (Å²) in [4.78, 5) is 14.1. The maximum absolute atomic E-state index is 10.7. The van der Waals surface area contributed by atoms with Crippen LogP contribution in [0.3, 0.4) is 0 Å². The summed E-state index contributed by atoms with van der Waals surface area (Å²) in [5, 5.41) is 10.7. The summed E-state index contributed by atoms with van der Waals surface area (Å²) in [7, 11) is 1.72. The van der Waals surface area contributed by atoms with Crippen LogP contribution >= 0.6 is 0 Å². The minimum absolute atomic E-state index is 0.0187. The summed E-state index contributed by atoms with van der Waals surface area (Å²) < 4.78 is 1.61. The van der Waals surface area contributed by atoms with E-state index in [0.29, 0.717) is 11.0 Å². The molecule has 14 heavy (non-hydrogen) atoms. The number of nitrogen functional groups attached to an aromatic ring is 1. The molecule has 6 heteroatoms. The van der Waals surface area contributed by atoms with Crippen molar-refractivity contribution in [3.8, 4) is 0 Å². The summed E-state index contributed by atoms with van der Waals surface area (Å²) in [5.74, 6) is 0.272. The summed E-state index contributed by atoms with van der Waals surface area (Å²) in [6.07, 6.45) is 0. The fourth-order valence-corrected chi connectivity index (χ4v) is 1.36. The molecule has 0 amide bonds. The van der Waals surface area contributed by atoms with E-state index in [1.807, 2.05) is 0 Å².